The van der Waals surface area contributed by atoms with Gasteiger partial charge < -0.3 is 20.3 Å². The summed E-state index contributed by atoms with van der Waals surface area (Å²) in [7, 11) is 0. The molecule has 220 valence electrons. The van der Waals surface area contributed by atoms with Crippen LogP contribution in [0.15, 0.2) is 96.8 Å². The van der Waals surface area contributed by atoms with Gasteiger partial charge in [-0.2, -0.15) is 5.01 Å². The van der Waals surface area contributed by atoms with Crippen molar-refractivity contribution in [2.24, 2.45) is 5.10 Å². The molecule has 2 aliphatic heterocycles. The topological polar surface area (TPSA) is 108 Å². The molecule has 0 bridgehead atoms. The van der Waals surface area contributed by atoms with Crippen LogP contribution >= 0.6 is 34.8 Å². The number of nitrogens with one attached hydrogen (secondary N) is 3. The van der Waals surface area contributed by atoms with E-state index in [-0.39, 0.29) is 27.1 Å². The van der Waals surface area contributed by atoms with Crippen LogP contribution in [0.5, 0.6) is 5.75 Å². The molecular formula is C30H25Cl3N6O4. The number of hydrogen-bond donors (Lipinski definition) is 3. The summed E-state index contributed by atoms with van der Waals surface area (Å²) in [6.45, 7) is 3.96. The number of anilines is 2. The summed E-state index contributed by atoms with van der Waals surface area (Å²) in [5.41, 5.74) is 8.73. The van der Waals surface area contributed by atoms with Gasteiger partial charge in [0.25, 0.3) is 11.8 Å². The molecule has 43 heavy (non-hydrogen) atoms. The number of halogens is 3. The van der Waals surface area contributed by atoms with Crippen molar-refractivity contribution in [3.63, 3.8) is 0 Å². The molecule has 3 N–H and O–H groups in total. The van der Waals surface area contributed by atoms with Gasteiger partial charge in [-0.25, -0.2) is 10.5 Å². The van der Waals surface area contributed by atoms with Gasteiger partial charge in [0, 0.05) is 23.0 Å². The average molecular weight is 640 g/mol. The highest BCUT2D eigenvalue weighted by Gasteiger charge is 2.42. The summed E-state index contributed by atoms with van der Waals surface area (Å²) in [4.78, 5) is 32.3. The normalized spacial score (nSPS) is 15.9. The minimum absolute atomic E-state index is 0.121. The summed E-state index contributed by atoms with van der Waals surface area (Å²) >= 11 is 18.8. The molecule has 2 heterocycles. The van der Waals surface area contributed by atoms with E-state index in [1.165, 1.54) is 29.7 Å². The molecule has 0 fully saturated rings. The van der Waals surface area contributed by atoms with Crippen molar-refractivity contribution in [2.45, 2.75) is 19.9 Å². The Morgan fingerprint density at radius 2 is 1.81 bits per heavy atom. The first-order valence-corrected chi connectivity index (χ1v) is 14.0. The monoisotopic (exact) mass is 638 g/mol. The van der Waals surface area contributed by atoms with Crippen LogP contribution in [0.25, 0.3) is 0 Å². The van der Waals surface area contributed by atoms with Crippen LogP contribution in [0.1, 0.15) is 21.5 Å². The number of benzene rings is 3. The number of hydrogen-bond acceptors (Lipinski definition) is 8. The Balaban J connectivity index is 1.28. The lowest BCUT2D eigenvalue weighted by Gasteiger charge is -2.24. The zero-order chi connectivity index (χ0) is 30.5. The predicted molar refractivity (Wildman–Crippen MR) is 168 cm³/mol. The highest BCUT2D eigenvalue weighted by molar-refractivity contribution is 6.43. The van der Waals surface area contributed by atoms with Gasteiger partial charge in [0.15, 0.2) is 18.1 Å². The quantitative estimate of drug-likeness (QED) is 0.192. The Bertz CT molecular complexity index is 1670. The molecule has 0 spiro atoms. The van der Waals surface area contributed by atoms with Gasteiger partial charge in [-0.3, -0.25) is 9.59 Å². The van der Waals surface area contributed by atoms with Gasteiger partial charge in [0.2, 0.25) is 0 Å². The largest absolute Gasteiger partial charge is 0.461 e. The van der Waals surface area contributed by atoms with E-state index in [0.29, 0.717) is 16.5 Å². The summed E-state index contributed by atoms with van der Waals surface area (Å²) in [5, 5.41) is 10.3. The lowest BCUT2D eigenvalue weighted by molar-refractivity contribution is -0.118. The number of hydrazone groups is 1. The fourth-order valence-electron chi connectivity index (χ4n) is 4.25. The van der Waals surface area contributed by atoms with Crippen LogP contribution in [0, 0.1) is 13.8 Å². The average Bonchev–Trinajstić information content (AvgIpc) is 3.29. The van der Waals surface area contributed by atoms with Crippen LogP contribution in [0.3, 0.4) is 0 Å². The van der Waals surface area contributed by atoms with Gasteiger partial charge >= 0.3 is 0 Å². The number of carbonyl (C=O) groups is 2. The number of hydrazine groups is 1. The Labute approximate surface area is 262 Å². The maximum Gasteiger partial charge on any atom is 0.278 e. The van der Waals surface area contributed by atoms with E-state index >= 15 is 0 Å². The molecule has 0 radical (unpaired) electrons. The van der Waals surface area contributed by atoms with Crippen LogP contribution in [-0.2, 0) is 9.63 Å². The van der Waals surface area contributed by atoms with Crippen LogP contribution in [0.2, 0.25) is 15.1 Å². The van der Waals surface area contributed by atoms with Gasteiger partial charge in [0.05, 0.1) is 15.7 Å². The Morgan fingerprint density at radius 1 is 1.02 bits per heavy atom. The number of nitrogens with zero attached hydrogens (tertiary/aromatic N) is 3. The van der Waals surface area contributed by atoms with Crippen molar-refractivity contribution >= 4 is 63.8 Å². The third-order valence-corrected chi connectivity index (χ3v) is 7.03. The summed E-state index contributed by atoms with van der Waals surface area (Å²) in [5.74, 6) is -0.215. The van der Waals surface area contributed by atoms with E-state index < -0.39 is 17.9 Å². The SMILES string of the molecule is Cc1ccc(O/C=C/ONc2cccc(C(=O)NC3C(=O)N(c4c(Cl)cc(Cl)cc4Cl)N=C3N3C=CC=CN3)c2)c(C)c1. The Morgan fingerprint density at radius 3 is 2.53 bits per heavy atom. The van der Waals surface area contributed by atoms with E-state index in [0.717, 1.165) is 16.1 Å². The molecule has 2 amide bonds. The van der Waals surface area contributed by atoms with E-state index in [1.807, 2.05) is 32.0 Å². The third kappa shape index (κ3) is 6.89. The molecular weight excluding hydrogens is 615 g/mol. The van der Waals surface area contributed by atoms with E-state index in [9.17, 15) is 9.59 Å². The number of allylic oxidation sites excluding steroid dienone is 2. The molecule has 2 aliphatic rings. The van der Waals surface area contributed by atoms with E-state index in [2.05, 4.69) is 21.3 Å². The second-order valence-corrected chi connectivity index (χ2v) is 10.6. The van der Waals surface area contributed by atoms with Crippen molar-refractivity contribution in [3.05, 3.63) is 123 Å². The number of carbonyl (C=O) groups excluding carboxylic acids is 2. The second-order valence-electron chi connectivity index (χ2n) is 9.39. The number of ether oxygens (including phenoxy) is 1. The van der Waals surface area contributed by atoms with Crippen LogP contribution in [-0.4, -0.2) is 28.7 Å². The molecule has 1 atom stereocenters. The molecule has 5 rings (SSSR count). The molecule has 3 aromatic rings. The Kier molecular flexibility index (Phi) is 9.10. The molecule has 0 saturated carbocycles. The third-order valence-electron chi connectivity index (χ3n) is 6.24. The first kappa shape index (κ1) is 29.8. The fourth-order valence-corrected chi connectivity index (χ4v) is 5.23. The van der Waals surface area contributed by atoms with Crippen LogP contribution < -0.4 is 26.0 Å². The van der Waals surface area contributed by atoms with Crippen molar-refractivity contribution < 1.29 is 19.2 Å². The summed E-state index contributed by atoms with van der Waals surface area (Å²) < 4.78 is 5.60. The molecule has 0 aliphatic carbocycles. The molecule has 3 aromatic carbocycles. The number of amidine groups is 1. The molecule has 10 nitrogen and oxygen atoms in total. The van der Waals surface area contributed by atoms with E-state index in [1.54, 1.807) is 48.8 Å². The van der Waals surface area contributed by atoms with Gasteiger partial charge in [-0.1, -0.05) is 58.6 Å². The highest BCUT2D eigenvalue weighted by atomic mass is 35.5. The first-order valence-electron chi connectivity index (χ1n) is 12.9. The van der Waals surface area contributed by atoms with Gasteiger partial charge in [0.1, 0.15) is 17.7 Å². The standard InChI is InChI=1S/C30H25Cl3N6O4/c1-18-8-9-25(19(2)14-18)42-12-13-43-37-22-7-5-6-20(15-22)29(40)35-26-28(38-11-4-3-10-34-38)36-39(30(26)41)27-23(32)16-21(31)17-24(27)33/h3-17,26,34,37H,1-2H3,(H,35,40)/b13-12+. The minimum Gasteiger partial charge on any atom is -0.461 e. The zero-order valence-electron chi connectivity index (χ0n) is 22.8. The van der Waals surface area contributed by atoms with Crippen molar-refractivity contribution in [2.75, 3.05) is 10.5 Å². The zero-order valence-corrected chi connectivity index (χ0v) is 25.1. The first-order chi connectivity index (χ1) is 20.7. The maximum atomic E-state index is 13.6. The minimum atomic E-state index is -1.18. The lowest BCUT2D eigenvalue weighted by atomic mass is 10.1. The molecule has 13 heteroatoms. The molecule has 0 aromatic heterocycles. The molecule has 1 unspecified atom stereocenters. The van der Waals surface area contributed by atoms with Crippen molar-refractivity contribution in [1.82, 2.24) is 15.8 Å². The number of rotatable bonds is 8. The lowest BCUT2D eigenvalue weighted by Crippen LogP contribution is -2.52. The summed E-state index contributed by atoms with van der Waals surface area (Å²) in [6.07, 6.45) is 9.53. The van der Waals surface area contributed by atoms with Crippen molar-refractivity contribution in [1.29, 1.82) is 0 Å². The highest BCUT2D eigenvalue weighted by Crippen LogP contribution is 2.38. The van der Waals surface area contributed by atoms with Gasteiger partial charge in [-0.15, -0.1) is 5.10 Å². The smallest absolute Gasteiger partial charge is 0.278 e. The van der Waals surface area contributed by atoms with Crippen LogP contribution in [0.4, 0.5) is 11.4 Å². The second kappa shape index (κ2) is 13.1. The maximum absolute atomic E-state index is 13.6. The van der Waals surface area contributed by atoms with E-state index in [4.69, 9.17) is 44.4 Å². The number of aryl methyl sites for hydroxylation is 2. The predicted octanol–water partition coefficient (Wildman–Crippen LogP) is 6.46. The fraction of sp³-hybridized carbons (Fsp3) is 0.100. The Hall–Kier alpha value is -4.64. The number of amides is 2. The molecule has 0 saturated heterocycles. The van der Waals surface area contributed by atoms with Gasteiger partial charge in [-0.05, 0) is 68.0 Å². The van der Waals surface area contributed by atoms with Crippen molar-refractivity contribution in [3.8, 4) is 5.75 Å². The summed E-state index contributed by atoms with van der Waals surface area (Å²) in [6, 6.07) is 14.1.